The van der Waals surface area contributed by atoms with Gasteiger partial charge in [-0.05, 0) is 65.4 Å². The number of methoxy groups -OCH3 is 1. The molecule has 2 rings (SSSR count). The fraction of sp³-hybridized carbons (Fsp3) is 0.571. The van der Waals surface area contributed by atoms with Crippen molar-refractivity contribution < 1.29 is 4.74 Å². The summed E-state index contributed by atoms with van der Waals surface area (Å²) in [5, 5.41) is 3.90. The molecule has 4 heteroatoms. The monoisotopic (exact) mass is 331 g/mol. The Kier molecular flexibility index (Phi) is 5.34. The van der Waals surface area contributed by atoms with E-state index in [1.54, 1.807) is 7.11 Å². The first kappa shape index (κ1) is 14.2. The summed E-state index contributed by atoms with van der Waals surface area (Å²) < 4.78 is 6.22. The van der Waals surface area contributed by atoms with E-state index in [1.807, 2.05) is 6.07 Å². The van der Waals surface area contributed by atoms with E-state index in [2.05, 4.69) is 33.4 Å². The highest BCUT2D eigenvalue weighted by Crippen LogP contribution is 2.29. The Morgan fingerprint density at radius 1 is 1.44 bits per heavy atom. The molecule has 0 aromatic heterocycles. The van der Waals surface area contributed by atoms with Gasteiger partial charge >= 0.3 is 0 Å². The molecule has 0 radical (unpaired) electrons. The van der Waals surface area contributed by atoms with Crippen molar-refractivity contribution in [2.24, 2.45) is 5.92 Å². The van der Waals surface area contributed by atoms with Gasteiger partial charge in [0.05, 0.1) is 11.6 Å². The molecule has 1 saturated carbocycles. The number of halogens is 2. The van der Waals surface area contributed by atoms with E-state index >= 15 is 0 Å². The normalized spacial score (nSPS) is 23.3. The smallest absolute Gasteiger partial charge is 0.133 e. The molecule has 1 aromatic carbocycles. The molecule has 100 valence electrons. The summed E-state index contributed by atoms with van der Waals surface area (Å²) in [7, 11) is 1.68. The summed E-state index contributed by atoms with van der Waals surface area (Å²) in [5.74, 6) is 1.62. The topological polar surface area (TPSA) is 21.3 Å². The lowest BCUT2D eigenvalue weighted by atomic mass is 10.1. The van der Waals surface area contributed by atoms with E-state index in [0.717, 1.165) is 35.7 Å². The maximum Gasteiger partial charge on any atom is 0.133 e. The molecule has 2 nitrogen and oxygen atoms in total. The highest BCUT2D eigenvalue weighted by atomic mass is 79.9. The zero-order chi connectivity index (χ0) is 13.0. The summed E-state index contributed by atoms with van der Waals surface area (Å²) in [6.07, 6.45) is 3.58. The fourth-order valence-electron chi connectivity index (χ4n) is 2.44. The minimum atomic E-state index is 0.395. The number of rotatable bonds is 5. The Balaban J connectivity index is 1.78. The molecule has 1 aliphatic carbocycles. The quantitative estimate of drug-likeness (QED) is 0.824. The maximum atomic E-state index is 6.11. The molecule has 2 atom stereocenters. The van der Waals surface area contributed by atoms with Gasteiger partial charge in [-0.3, -0.25) is 0 Å². The molecule has 0 saturated heterocycles. The molecule has 0 spiro atoms. The van der Waals surface area contributed by atoms with Crippen LogP contribution in [0.4, 0.5) is 0 Å². The van der Waals surface area contributed by atoms with Gasteiger partial charge in [0.15, 0.2) is 0 Å². The number of nitrogens with one attached hydrogen (secondary N) is 1. The van der Waals surface area contributed by atoms with E-state index in [0.29, 0.717) is 5.38 Å². The van der Waals surface area contributed by atoms with Crippen LogP contribution < -0.4 is 10.1 Å². The van der Waals surface area contributed by atoms with Gasteiger partial charge in [-0.1, -0.05) is 6.07 Å². The van der Waals surface area contributed by atoms with Gasteiger partial charge in [-0.25, -0.2) is 0 Å². The third-order valence-corrected chi connectivity index (χ3v) is 4.47. The van der Waals surface area contributed by atoms with Gasteiger partial charge in [-0.2, -0.15) is 0 Å². The fourth-order valence-corrected chi connectivity index (χ4v) is 3.41. The van der Waals surface area contributed by atoms with Crippen LogP contribution in [0.2, 0.25) is 0 Å². The molecule has 1 fully saturated rings. The molecule has 1 N–H and O–H groups in total. The van der Waals surface area contributed by atoms with Crippen molar-refractivity contribution in [1.82, 2.24) is 5.32 Å². The van der Waals surface area contributed by atoms with E-state index in [4.69, 9.17) is 16.3 Å². The summed E-state index contributed by atoms with van der Waals surface area (Å²) in [4.78, 5) is 0. The largest absolute Gasteiger partial charge is 0.496 e. The van der Waals surface area contributed by atoms with Gasteiger partial charge in [0, 0.05) is 11.9 Å². The average molecular weight is 333 g/mol. The lowest BCUT2D eigenvalue weighted by Gasteiger charge is -2.11. The van der Waals surface area contributed by atoms with Crippen LogP contribution in [0.25, 0.3) is 0 Å². The summed E-state index contributed by atoms with van der Waals surface area (Å²) >= 11 is 9.61. The second-order valence-electron chi connectivity index (χ2n) is 4.88. The molecule has 0 bridgehead atoms. The Morgan fingerprint density at radius 2 is 2.28 bits per heavy atom. The molecule has 2 unspecified atom stereocenters. The van der Waals surface area contributed by atoms with Crippen LogP contribution >= 0.6 is 27.5 Å². The third kappa shape index (κ3) is 3.87. The molecule has 18 heavy (non-hydrogen) atoms. The maximum absolute atomic E-state index is 6.11. The number of hydrogen-bond donors (Lipinski definition) is 1. The molecular formula is C14H19BrClNO. The van der Waals surface area contributed by atoms with Crippen molar-refractivity contribution in [2.75, 3.05) is 13.7 Å². The van der Waals surface area contributed by atoms with Gasteiger partial charge < -0.3 is 10.1 Å². The average Bonchev–Trinajstić information content (AvgIpc) is 2.75. The van der Waals surface area contributed by atoms with Crippen LogP contribution in [0.1, 0.15) is 24.8 Å². The lowest BCUT2D eigenvalue weighted by Crippen LogP contribution is -2.21. The van der Waals surface area contributed by atoms with Crippen LogP contribution in [0.15, 0.2) is 22.7 Å². The molecular weight excluding hydrogens is 314 g/mol. The molecule has 1 aliphatic rings. The van der Waals surface area contributed by atoms with E-state index in [-0.39, 0.29) is 0 Å². The standard InChI is InChI=1S/C14H19BrClNO/c1-18-14-5-3-11(7-13(14)15)9-17-8-10-2-4-12(16)6-10/h3,5,7,10,12,17H,2,4,6,8-9H2,1H3. The van der Waals surface area contributed by atoms with Crippen molar-refractivity contribution in [1.29, 1.82) is 0 Å². The zero-order valence-electron chi connectivity index (χ0n) is 10.6. The minimum absolute atomic E-state index is 0.395. The number of benzene rings is 1. The highest BCUT2D eigenvalue weighted by molar-refractivity contribution is 9.10. The SMILES string of the molecule is COc1ccc(CNCC2CCC(Cl)C2)cc1Br. The number of ether oxygens (including phenoxy) is 1. The van der Waals surface area contributed by atoms with Crippen LogP contribution in [0, 0.1) is 5.92 Å². The molecule has 0 amide bonds. The first-order valence-electron chi connectivity index (χ1n) is 6.36. The minimum Gasteiger partial charge on any atom is -0.496 e. The third-order valence-electron chi connectivity index (χ3n) is 3.46. The zero-order valence-corrected chi connectivity index (χ0v) is 12.9. The molecule has 0 heterocycles. The van der Waals surface area contributed by atoms with Crippen molar-refractivity contribution >= 4 is 27.5 Å². The Morgan fingerprint density at radius 3 is 2.89 bits per heavy atom. The summed E-state index contributed by atoms with van der Waals surface area (Å²) in [6, 6.07) is 6.19. The van der Waals surface area contributed by atoms with Gasteiger partial charge in [0.25, 0.3) is 0 Å². The van der Waals surface area contributed by atoms with Gasteiger partial charge in [0.2, 0.25) is 0 Å². The van der Waals surface area contributed by atoms with Crippen molar-refractivity contribution in [3.05, 3.63) is 28.2 Å². The number of alkyl halides is 1. The van der Waals surface area contributed by atoms with E-state index < -0.39 is 0 Å². The van der Waals surface area contributed by atoms with Crippen LogP contribution in [0.5, 0.6) is 5.75 Å². The van der Waals surface area contributed by atoms with Crippen molar-refractivity contribution in [3.63, 3.8) is 0 Å². The highest BCUT2D eigenvalue weighted by Gasteiger charge is 2.22. The predicted octanol–water partition coefficient (Wildman–Crippen LogP) is 3.95. The van der Waals surface area contributed by atoms with Crippen molar-refractivity contribution in [2.45, 2.75) is 31.2 Å². The van der Waals surface area contributed by atoms with Gasteiger partial charge in [0.1, 0.15) is 5.75 Å². The predicted molar refractivity (Wildman–Crippen MR) is 79.4 cm³/mol. The molecule has 1 aromatic rings. The number of hydrogen-bond acceptors (Lipinski definition) is 2. The Bertz CT molecular complexity index is 399. The molecule has 0 aliphatic heterocycles. The first-order valence-corrected chi connectivity index (χ1v) is 7.59. The summed E-state index contributed by atoms with van der Waals surface area (Å²) in [5.41, 5.74) is 1.27. The second kappa shape index (κ2) is 6.78. The summed E-state index contributed by atoms with van der Waals surface area (Å²) in [6.45, 7) is 1.96. The Hall–Kier alpha value is -0.250. The van der Waals surface area contributed by atoms with Gasteiger partial charge in [-0.15, -0.1) is 11.6 Å². The Labute approximate surface area is 122 Å². The van der Waals surface area contributed by atoms with Crippen LogP contribution in [0.3, 0.4) is 0 Å². The van der Waals surface area contributed by atoms with Crippen molar-refractivity contribution in [3.8, 4) is 5.75 Å². The van der Waals surface area contributed by atoms with E-state index in [9.17, 15) is 0 Å². The van der Waals surface area contributed by atoms with E-state index in [1.165, 1.54) is 18.4 Å². The van der Waals surface area contributed by atoms with Crippen LogP contribution in [-0.4, -0.2) is 19.0 Å². The second-order valence-corrected chi connectivity index (χ2v) is 6.35. The lowest BCUT2D eigenvalue weighted by molar-refractivity contribution is 0.412. The van der Waals surface area contributed by atoms with Crippen LogP contribution in [-0.2, 0) is 6.54 Å². The first-order chi connectivity index (χ1) is 8.69.